The molecule has 0 unspecified atom stereocenters. The lowest BCUT2D eigenvalue weighted by Crippen LogP contribution is -2.30. The maximum Gasteiger partial charge on any atom is 0.361 e. The minimum Gasteiger partial charge on any atom is -0.326 e. The Labute approximate surface area is 302 Å². The number of para-hydroxylation sites is 4. The minimum atomic E-state index is -4.25. The molecule has 4 aromatic carbocycles. The number of hydrogen-bond donors (Lipinski definition) is 1. The first-order valence-corrected chi connectivity index (χ1v) is 20.2. The second kappa shape index (κ2) is 15.4. The number of nitrogens with zero attached hydrogens (tertiary/aromatic N) is 4. The van der Waals surface area contributed by atoms with E-state index in [0.29, 0.717) is 12.5 Å². The van der Waals surface area contributed by atoms with Gasteiger partial charge in [0.05, 0.1) is 58.6 Å². The van der Waals surface area contributed by atoms with E-state index in [1.807, 2.05) is 42.5 Å². The summed E-state index contributed by atoms with van der Waals surface area (Å²) in [7, 11) is -7.86. The minimum absolute atomic E-state index is 0.121. The first kappa shape index (κ1) is 37.0. The second-order valence-electron chi connectivity index (χ2n) is 12.8. The van der Waals surface area contributed by atoms with Crippen LogP contribution in [0.25, 0.3) is 22.1 Å². The molecule has 6 rings (SSSR count). The summed E-state index contributed by atoms with van der Waals surface area (Å²) in [6.07, 6.45) is 0.977. The Hall–Kier alpha value is -4.81. The number of rotatable bonds is 15. The third kappa shape index (κ3) is 7.68. The quantitative estimate of drug-likeness (QED) is 0.121. The van der Waals surface area contributed by atoms with Crippen LogP contribution in [0, 0.1) is 5.92 Å². The maximum atomic E-state index is 14.0. The van der Waals surface area contributed by atoms with Crippen LogP contribution >= 0.6 is 7.60 Å². The summed E-state index contributed by atoms with van der Waals surface area (Å²) in [6, 6.07) is 27.2. The van der Waals surface area contributed by atoms with Gasteiger partial charge in [0.15, 0.2) is 0 Å². The van der Waals surface area contributed by atoms with Crippen LogP contribution in [-0.4, -0.2) is 46.2 Å². The Bertz CT molecular complexity index is 2420. The van der Waals surface area contributed by atoms with Crippen LogP contribution in [0.1, 0.15) is 55.9 Å². The van der Waals surface area contributed by atoms with Gasteiger partial charge in [-0.15, -0.1) is 0 Å². The Morgan fingerprint density at radius 2 is 1.37 bits per heavy atom. The first-order valence-electron chi connectivity index (χ1n) is 17.2. The third-order valence-corrected chi connectivity index (χ3v) is 12.2. The van der Waals surface area contributed by atoms with E-state index in [0.717, 1.165) is 46.4 Å². The van der Waals surface area contributed by atoms with Gasteiger partial charge in [0.2, 0.25) is 0 Å². The van der Waals surface area contributed by atoms with Gasteiger partial charge in [-0.05, 0) is 92.4 Å². The summed E-state index contributed by atoms with van der Waals surface area (Å²) in [5, 5.41) is 0.209. The molecule has 12 nitrogen and oxygen atoms in total. The van der Waals surface area contributed by atoms with E-state index in [4.69, 9.17) is 14.0 Å². The van der Waals surface area contributed by atoms with Crippen LogP contribution in [0.2, 0.25) is 0 Å². The fourth-order valence-electron chi connectivity index (χ4n) is 6.12. The predicted octanol–water partition coefficient (Wildman–Crippen LogP) is 6.31. The van der Waals surface area contributed by atoms with Gasteiger partial charge < -0.3 is 13.6 Å². The summed E-state index contributed by atoms with van der Waals surface area (Å²) in [6.45, 7) is 9.36. The normalized spacial score (nSPS) is 12.2. The van der Waals surface area contributed by atoms with Gasteiger partial charge in [-0.2, -0.15) is 0 Å². The van der Waals surface area contributed by atoms with Crippen molar-refractivity contribution in [3.05, 3.63) is 124 Å². The molecule has 0 saturated carbocycles. The van der Waals surface area contributed by atoms with E-state index < -0.39 is 23.5 Å². The van der Waals surface area contributed by atoms with Crippen LogP contribution in [0.3, 0.4) is 0 Å². The fraction of sp³-hybridized carbons (Fsp3) is 0.289. The average molecular weight is 744 g/mol. The SMILES string of the molecule is CCOP(=O)(OCC)c1ccc(S(=O)(=O)NC(=O)c2ccc(Cn3c(=O)n(Cc4nc5ccccc5n4CCC(C)C)c4ccccc43)cc2)cc1. The van der Waals surface area contributed by atoms with Crippen molar-refractivity contribution in [2.24, 2.45) is 5.92 Å². The second-order valence-corrected chi connectivity index (χ2v) is 16.5. The van der Waals surface area contributed by atoms with Gasteiger partial charge in [-0.1, -0.05) is 50.2 Å². The summed E-state index contributed by atoms with van der Waals surface area (Å²) in [5.41, 5.74) is 4.14. The molecule has 0 spiro atoms. The Balaban J connectivity index is 1.21. The van der Waals surface area contributed by atoms with E-state index in [9.17, 15) is 22.6 Å². The molecule has 2 aromatic heterocycles. The number of nitrogens with one attached hydrogen (secondary N) is 1. The van der Waals surface area contributed by atoms with Gasteiger partial charge in [-0.25, -0.2) is 22.9 Å². The molecule has 1 N–H and O–H groups in total. The van der Waals surface area contributed by atoms with E-state index in [-0.39, 0.29) is 41.2 Å². The zero-order chi connectivity index (χ0) is 37.0. The maximum absolute atomic E-state index is 14.0. The van der Waals surface area contributed by atoms with Crippen LogP contribution in [0.4, 0.5) is 0 Å². The summed E-state index contributed by atoms with van der Waals surface area (Å²) < 4.78 is 57.5. The molecule has 14 heteroatoms. The molecule has 0 aliphatic rings. The average Bonchev–Trinajstić information content (AvgIpc) is 3.61. The third-order valence-electron chi connectivity index (χ3n) is 8.73. The number of aromatic nitrogens is 4. The summed E-state index contributed by atoms with van der Waals surface area (Å²) in [5.74, 6) is 0.496. The highest BCUT2D eigenvalue weighted by Gasteiger charge is 2.28. The Kier molecular flexibility index (Phi) is 11.0. The lowest BCUT2D eigenvalue weighted by atomic mass is 10.1. The number of hydrogen-bond acceptors (Lipinski definition) is 8. The molecule has 1 amide bonds. The van der Waals surface area contributed by atoms with Crippen molar-refractivity contribution >= 4 is 50.9 Å². The smallest absolute Gasteiger partial charge is 0.326 e. The topological polar surface area (TPSA) is 144 Å². The molecule has 272 valence electrons. The molecule has 6 aromatic rings. The zero-order valence-electron chi connectivity index (χ0n) is 29.6. The van der Waals surface area contributed by atoms with Crippen molar-refractivity contribution in [3.8, 4) is 0 Å². The number of amides is 1. The Morgan fingerprint density at radius 1 is 0.788 bits per heavy atom. The molecular weight excluding hydrogens is 701 g/mol. The van der Waals surface area contributed by atoms with Gasteiger partial charge in [0, 0.05) is 12.1 Å². The highest BCUT2D eigenvalue weighted by atomic mass is 32.2. The number of fused-ring (bicyclic) bond motifs is 2. The first-order chi connectivity index (χ1) is 24.9. The van der Waals surface area contributed by atoms with Crippen molar-refractivity contribution in [2.45, 2.75) is 58.6 Å². The highest BCUT2D eigenvalue weighted by Crippen LogP contribution is 2.46. The van der Waals surface area contributed by atoms with Crippen molar-refractivity contribution in [1.29, 1.82) is 0 Å². The van der Waals surface area contributed by atoms with Gasteiger partial charge in [0.25, 0.3) is 15.9 Å². The number of aryl methyl sites for hydroxylation is 1. The zero-order valence-corrected chi connectivity index (χ0v) is 31.3. The summed E-state index contributed by atoms with van der Waals surface area (Å²) in [4.78, 5) is 31.8. The van der Waals surface area contributed by atoms with Crippen molar-refractivity contribution in [2.75, 3.05) is 13.2 Å². The molecule has 0 aliphatic heterocycles. The molecular formula is C38H42N5O7PS. The lowest BCUT2D eigenvalue weighted by Gasteiger charge is -2.17. The van der Waals surface area contributed by atoms with Crippen LogP contribution in [0.15, 0.2) is 107 Å². The monoisotopic (exact) mass is 743 g/mol. The van der Waals surface area contributed by atoms with Gasteiger partial charge in [-0.3, -0.25) is 18.5 Å². The van der Waals surface area contributed by atoms with Crippen LogP contribution in [0.5, 0.6) is 0 Å². The van der Waals surface area contributed by atoms with E-state index >= 15 is 0 Å². The van der Waals surface area contributed by atoms with E-state index in [2.05, 4.69) is 29.2 Å². The van der Waals surface area contributed by atoms with Gasteiger partial charge in [0.1, 0.15) is 5.82 Å². The molecule has 0 fully saturated rings. The molecule has 0 aliphatic carbocycles. The number of carbonyl (C=O) groups excluding carboxylic acids is 1. The van der Waals surface area contributed by atoms with E-state index in [1.165, 1.54) is 36.4 Å². The van der Waals surface area contributed by atoms with Crippen molar-refractivity contribution < 1.29 is 26.8 Å². The van der Waals surface area contributed by atoms with Crippen molar-refractivity contribution in [3.63, 3.8) is 0 Å². The Morgan fingerprint density at radius 3 is 1.96 bits per heavy atom. The van der Waals surface area contributed by atoms with Gasteiger partial charge >= 0.3 is 13.3 Å². The summed E-state index contributed by atoms with van der Waals surface area (Å²) >= 11 is 0. The molecule has 0 bridgehead atoms. The van der Waals surface area contributed by atoms with Crippen LogP contribution in [-0.2, 0) is 43.3 Å². The molecule has 0 saturated heterocycles. The largest absolute Gasteiger partial charge is 0.361 e. The number of benzene rings is 4. The number of imidazole rings is 2. The molecule has 52 heavy (non-hydrogen) atoms. The molecule has 2 heterocycles. The van der Waals surface area contributed by atoms with Crippen molar-refractivity contribution in [1.82, 2.24) is 23.4 Å². The van der Waals surface area contributed by atoms with Crippen LogP contribution < -0.4 is 15.7 Å². The lowest BCUT2D eigenvalue weighted by molar-refractivity contribution is 0.0981. The fourth-order valence-corrected chi connectivity index (χ4v) is 8.66. The molecule has 0 atom stereocenters. The highest BCUT2D eigenvalue weighted by molar-refractivity contribution is 7.90. The standard InChI is InChI=1S/C38H42N5O7PS/c1-5-49-51(46,50-6-2)30-19-21-31(22-20-30)52(47,48)40-37(44)29-17-15-28(16-18-29)25-42-34-13-9-10-14-35(34)43(38(42)45)26-36-39-32-11-7-8-12-33(32)41(36)24-23-27(3)4/h7-22,27H,5-6,23-26H2,1-4H3,(H,40,44). The number of carbonyl (C=O) groups is 1. The molecule has 0 radical (unpaired) electrons. The number of sulfonamides is 1. The van der Waals surface area contributed by atoms with E-state index in [1.54, 1.807) is 35.1 Å². The predicted molar refractivity (Wildman–Crippen MR) is 202 cm³/mol.